The van der Waals surface area contributed by atoms with Gasteiger partial charge in [-0.3, -0.25) is 0 Å². The zero-order valence-corrected chi connectivity index (χ0v) is 6.90. The third kappa shape index (κ3) is 184. The van der Waals surface area contributed by atoms with Gasteiger partial charge in [0.25, 0.3) is 0 Å². The molecule has 0 radical (unpaired) electrons. The maximum Gasteiger partial charge on any atom is 2.00 e. The van der Waals surface area contributed by atoms with Gasteiger partial charge in [0, 0.05) is 0 Å². The summed E-state index contributed by atoms with van der Waals surface area (Å²) in [6.07, 6.45) is 0. The molecule has 0 fully saturated rings. The summed E-state index contributed by atoms with van der Waals surface area (Å²) in [4.78, 5) is 0. The van der Waals surface area contributed by atoms with Gasteiger partial charge in [0.15, 0.2) is 0 Å². The molecule has 0 spiro atoms. The van der Waals surface area contributed by atoms with Crippen molar-refractivity contribution in [2.75, 3.05) is 0 Å². The minimum atomic E-state index is -5.12. The van der Waals surface area contributed by atoms with Gasteiger partial charge in [0.1, 0.15) is 0 Å². The summed E-state index contributed by atoms with van der Waals surface area (Å²) < 4.78 is 30.7. The van der Waals surface area contributed by atoms with E-state index in [9.17, 15) is 0 Å². The van der Waals surface area contributed by atoms with Gasteiger partial charge >= 0.3 is 53.6 Å². The zero-order valence-electron chi connectivity index (χ0n) is 5.61. The molecular formula is H8AsMgNO4. The van der Waals surface area contributed by atoms with Crippen LogP contribution < -0.4 is 6.15 Å². The maximum absolute atomic E-state index is 8.94. The molecule has 44 valence electrons. The van der Waals surface area contributed by atoms with Crippen LogP contribution in [-0.2, 0) is 3.74 Å². The second kappa shape index (κ2) is 5.11. The van der Waals surface area contributed by atoms with Crippen LogP contribution in [0, 0.1) is 0 Å². The molecule has 0 aliphatic carbocycles. The molecule has 0 bridgehead atoms. The Kier molecular flexibility index (Phi) is 11.4. The molecule has 0 aromatic carbocycles. The van der Waals surface area contributed by atoms with E-state index in [0.29, 0.717) is 0 Å². The smallest absolute Gasteiger partial charge is 1.00 e. The van der Waals surface area contributed by atoms with Crippen molar-refractivity contribution >= 4 is 37.6 Å². The minimum Gasteiger partial charge on any atom is -1.00 e. The third-order valence-corrected chi connectivity index (χ3v) is 0. The van der Waals surface area contributed by atoms with Crippen LogP contribution in [0.25, 0.3) is 0 Å². The summed E-state index contributed by atoms with van der Waals surface area (Å²) in [5, 5.41) is 0. The molecule has 0 saturated heterocycles. The van der Waals surface area contributed by atoms with Crippen LogP contribution in [0.5, 0.6) is 0 Å². The van der Waals surface area contributed by atoms with Crippen LogP contribution in [0.3, 0.4) is 0 Å². The zero-order chi connectivity index (χ0) is 4.50. The van der Waals surface area contributed by atoms with Crippen molar-refractivity contribution in [3.63, 3.8) is 0 Å². The summed E-state index contributed by atoms with van der Waals surface area (Å²) >= 11 is -5.12. The van der Waals surface area contributed by atoms with E-state index in [0.717, 1.165) is 0 Å². The van der Waals surface area contributed by atoms with E-state index in [4.69, 9.17) is 16.0 Å². The summed E-state index contributed by atoms with van der Waals surface area (Å²) in [5.74, 6) is 0. The Morgan fingerprint density at radius 2 is 1.29 bits per heavy atom. The van der Waals surface area contributed by atoms with Gasteiger partial charge in [-0.25, -0.2) is 0 Å². The molecule has 0 saturated carbocycles. The first-order valence-corrected chi connectivity index (χ1v) is 4.07. The van der Waals surface area contributed by atoms with Crippen LogP contribution in [0.1, 0.15) is 2.85 Å². The van der Waals surface area contributed by atoms with E-state index < -0.39 is 14.5 Å². The van der Waals surface area contributed by atoms with E-state index in [2.05, 4.69) is 0 Å². The van der Waals surface area contributed by atoms with Crippen molar-refractivity contribution in [1.29, 1.82) is 0 Å². The van der Waals surface area contributed by atoms with Crippen LogP contribution in [-0.4, -0.2) is 49.9 Å². The molecular weight excluding hydrogens is 177 g/mol. The molecule has 5 nitrogen and oxygen atoms in total. The summed E-state index contributed by atoms with van der Waals surface area (Å²) in [7, 11) is 0. The predicted octanol–water partition coefficient (Wildman–Crippen LogP) is -2.16. The molecule has 0 rings (SSSR count). The second-order valence-corrected chi connectivity index (χ2v) is 2.67. The van der Waals surface area contributed by atoms with Crippen LogP contribution in [0.4, 0.5) is 0 Å². The van der Waals surface area contributed by atoms with Crippen molar-refractivity contribution in [3.8, 4) is 0 Å². The van der Waals surface area contributed by atoms with E-state index >= 15 is 0 Å². The average molecular weight is 185 g/mol. The summed E-state index contributed by atoms with van der Waals surface area (Å²) in [5.41, 5.74) is 0. The van der Waals surface area contributed by atoms with Crippen LogP contribution >= 0.6 is 0 Å². The van der Waals surface area contributed by atoms with Crippen LogP contribution in [0.15, 0.2) is 0 Å². The molecule has 7 heteroatoms. The Balaban J connectivity index is -0.0000000133. The molecule has 0 unspecified atom stereocenters. The first-order valence-electron chi connectivity index (χ1n) is 0.783. The Labute approximate surface area is 62.8 Å². The van der Waals surface area contributed by atoms with Gasteiger partial charge in [-0.15, -0.1) is 0 Å². The van der Waals surface area contributed by atoms with Gasteiger partial charge in [0.2, 0.25) is 0 Å². The summed E-state index contributed by atoms with van der Waals surface area (Å²) in [6.45, 7) is 0. The largest absolute Gasteiger partial charge is 2.00 e. The van der Waals surface area contributed by atoms with Crippen molar-refractivity contribution in [3.05, 3.63) is 0 Å². The van der Waals surface area contributed by atoms with E-state index in [-0.39, 0.29) is 32.1 Å². The molecule has 0 atom stereocenters. The Hall–Kier alpha value is 0.965. The maximum atomic E-state index is 8.94. The molecule has 7 heavy (non-hydrogen) atoms. The van der Waals surface area contributed by atoms with E-state index in [1.54, 1.807) is 0 Å². The molecule has 0 aliphatic heterocycles. The van der Waals surface area contributed by atoms with Crippen molar-refractivity contribution in [2.45, 2.75) is 0 Å². The van der Waals surface area contributed by atoms with Crippen molar-refractivity contribution in [1.82, 2.24) is 6.15 Å². The fourth-order valence-corrected chi connectivity index (χ4v) is 0. The molecule has 6 N–H and O–H groups in total. The Morgan fingerprint density at radius 1 is 1.29 bits per heavy atom. The topological polar surface area (TPSA) is 113 Å². The summed E-state index contributed by atoms with van der Waals surface area (Å²) in [6, 6.07) is 0. The quantitative estimate of drug-likeness (QED) is 0.321. The second-order valence-electron chi connectivity index (χ2n) is 0.513. The van der Waals surface area contributed by atoms with Crippen LogP contribution in [0.2, 0.25) is 0 Å². The van der Waals surface area contributed by atoms with Gasteiger partial charge < -0.3 is 9.00 Å². The minimum absolute atomic E-state index is 0. The molecule has 0 aromatic rings. The molecule has 0 aliphatic rings. The average Bonchev–Trinajstić information content (AvgIpc) is 0.722. The first kappa shape index (κ1) is 15.7. The SMILES string of the molecule is N.O=[As](O)(O)O.[H-].[H-].[Mg+2]. The number of hydrogen-bond donors (Lipinski definition) is 4. The van der Waals surface area contributed by atoms with Gasteiger partial charge in [-0.2, -0.15) is 0 Å². The van der Waals surface area contributed by atoms with Crippen molar-refractivity contribution in [2.24, 2.45) is 0 Å². The fraction of sp³-hybridized carbons (Fsp3) is 0. The van der Waals surface area contributed by atoms with Crippen molar-refractivity contribution < 1.29 is 18.9 Å². The number of rotatable bonds is 0. The van der Waals surface area contributed by atoms with E-state index in [1.165, 1.54) is 0 Å². The molecule has 0 aromatic heterocycles. The van der Waals surface area contributed by atoms with Gasteiger partial charge in [0.05, 0.1) is 0 Å². The molecule has 0 heterocycles. The third-order valence-electron chi connectivity index (χ3n) is 0. The fourth-order valence-electron chi connectivity index (χ4n) is 0. The predicted molar refractivity (Wildman–Crippen MR) is 26.1 cm³/mol. The monoisotopic (exact) mass is 185 g/mol. The van der Waals surface area contributed by atoms with Gasteiger partial charge in [-0.05, 0) is 0 Å². The standard InChI is InChI=1S/AsH3O4.Mg.H3N.2H/c2-1(3,4)5;;;;/h(H3,2,3,4,5);;1H3;;/q;+2;;2*-1. The van der Waals surface area contributed by atoms with Gasteiger partial charge in [-0.1, -0.05) is 0 Å². The Bertz CT molecular complexity index is 64.7. The number of hydrogen-bond acceptors (Lipinski definition) is 2. The normalized spacial score (nSPS) is 8.43. The Morgan fingerprint density at radius 3 is 1.29 bits per heavy atom. The first-order chi connectivity index (χ1) is 2.00. The molecule has 0 amide bonds. The van der Waals surface area contributed by atoms with E-state index in [1.807, 2.05) is 0 Å².